The Labute approximate surface area is 163 Å². The highest BCUT2D eigenvalue weighted by molar-refractivity contribution is 7.80. The molecule has 6 heteroatoms. The van der Waals surface area contributed by atoms with Crippen LogP contribution in [-0.2, 0) is 13.1 Å². The Morgan fingerprint density at radius 2 is 1.62 bits per heavy atom. The number of hydrogen-bond acceptors (Lipinski definition) is 3. The third-order valence-electron chi connectivity index (χ3n) is 3.88. The Morgan fingerprint density at radius 1 is 1.00 bits per heavy atom. The van der Waals surface area contributed by atoms with E-state index in [0.717, 1.165) is 22.6 Å². The van der Waals surface area contributed by atoms with Gasteiger partial charge in [0.1, 0.15) is 0 Å². The lowest BCUT2D eigenvalue weighted by Crippen LogP contribution is -2.34. The summed E-state index contributed by atoms with van der Waals surface area (Å²) in [6.07, 6.45) is 3.57. The molecule has 132 valence electrons. The van der Waals surface area contributed by atoms with Gasteiger partial charge in [0, 0.05) is 23.1 Å². The molecule has 0 aliphatic rings. The molecule has 0 aliphatic carbocycles. The number of halogens is 1. The smallest absolute Gasteiger partial charge is 0.174 e. The van der Waals surface area contributed by atoms with Gasteiger partial charge in [-0.3, -0.25) is 9.97 Å². The molecule has 0 bridgehead atoms. The first-order chi connectivity index (χ1) is 12.6. The lowest BCUT2D eigenvalue weighted by atomic mass is 10.2. The molecular weight excluding hydrogens is 364 g/mol. The van der Waals surface area contributed by atoms with Gasteiger partial charge < -0.3 is 10.2 Å². The number of benzene rings is 1. The number of rotatable bonds is 5. The molecule has 0 radical (unpaired) electrons. The van der Waals surface area contributed by atoms with Gasteiger partial charge in [0.05, 0.1) is 24.5 Å². The van der Waals surface area contributed by atoms with E-state index in [4.69, 9.17) is 23.8 Å². The lowest BCUT2D eigenvalue weighted by Gasteiger charge is -2.26. The summed E-state index contributed by atoms with van der Waals surface area (Å²) in [7, 11) is 0. The summed E-state index contributed by atoms with van der Waals surface area (Å²) >= 11 is 11.7. The zero-order valence-electron chi connectivity index (χ0n) is 14.4. The molecule has 0 amide bonds. The summed E-state index contributed by atoms with van der Waals surface area (Å²) in [5.74, 6) is 0. The molecule has 2 heterocycles. The summed E-state index contributed by atoms with van der Waals surface area (Å²) < 4.78 is 0. The summed E-state index contributed by atoms with van der Waals surface area (Å²) in [5, 5.41) is 4.64. The molecule has 3 aromatic rings. The van der Waals surface area contributed by atoms with Gasteiger partial charge in [0.25, 0.3) is 0 Å². The second-order valence-corrected chi connectivity index (χ2v) is 6.71. The van der Waals surface area contributed by atoms with Gasteiger partial charge in [0.15, 0.2) is 5.11 Å². The van der Waals surface area contributed by atoms with Crippen LogP contribution in [0, 0.1) is 6.92 Å². The van der Waals surface area contributed by atoms with Crippen LogP contribution in [0.2, 0.25) is 5.02 Å². The van der Waals surface area contributed by atoms with Gasteiger partial charge in [-0.1, -0.05) is 23.7 Å². The fourth-order valence-corrected chi connectivity index (χ4v) is 3.00. The van der Waals surface area contributed by atoms with Crippen LogP contribution in [0.3, 0.4) is 0 Å². The van der Waals surface area contributed by atoms with Gasteiger partial charge in [0.2, 0.25) is 0 Å². The van der Waals surface area contributed by atoms with Gasteiger partial charge >= 0.3 is 0 Å². The van der Waals surface area contributed by atoms with E-state index >= 15 is 0 Å². The molecule has 0 atom stereocenters. The van der Waals surface area contributed by atoms with E-state index in [-0.39, 0.29) is 0 Å². The maximum Gasteiger partial charge on any atom is 0.174 e. The third-order valence-corrected chi connectivity index (χ3v) is 4.47. The monoisotopic (exact) mass is 382 g/mol. The average Bonchev–Trinajstić information content (AvgIpc) is 2.65. The molecular formula is C20H19ClN4S. The minimum Gasteiger partial charge on any atom is -0.337 e. The van der Waals surface area contributed by atoms with Crippen LogP contribution in [0.5, 0.6) is 0 Å². The standard InChI is InChI=1S/C20H19ClN4S/c1-15-12-16(21)8-9-19(15)24-20(26)25(13-17-6-2-4-10-22-17)14-18-7-3-5-11-23-18/h2-12H,13-14H2,1H3,(H,24,26). The Hall–Kier alpha value is -2.50. The molecule has 0 fully saturated rings. The van der Waals surface area contributed by atoms with Crippen molar-refractivity contribution in [3.8, 4) is 0 Å². The highest BCUT2D eigenvalue weighted by atomic mass is 35.5. The number of anilines is 1. The Bertz CT molecular complexity index is 830. The minimum absolute atomic E-state index is 0.593. The van der Waals surface area contributed by atoms with E-state index in [0.29, 0.717) is 23.2 Å². The third kappa shape index (κ3) is 5.00. The normalized spacial score (nSPS) is 10.4. The first kappa shape index (κ1) is 18.3. The molecule has 2 aromatic heterocycles. The fraction of sp³-hybridized carbons (Fsp3) is 0.150. The Kier molecular flexibility index (Phi) is 6.15. The largest absolute Gasteiger partial charge is 0.337 e. The number of aryl methyl sites for hydroxylation is 1. The molecule has 0 aliphatic heterocycles. The Morgan fingerprint density at radius 3 is 2.12 bits per heavy atom. The highest BCUT2D eigenvalue weighted by Crippen LogP contribution is 2.20. The number of hydrogen-bond donors (Lipinski definition) is 1. The number of nitrogens with one attached hydrogen (secondary N) is 1. The molecule has 4 nitrogen and oxygen atoms in total. The van der Waals surface area contributed by atoms with Crippen molar-refractivity contribution in [2.75, 3.05) is 5.32 Å². The molecule has 0 saturated heterocycles. The van der Waals surface area contributed by atoms with Crippen LogP contribution < -0.4 is 5.32 Å². The maximum atomic E-state index is 6.04. The van der Waals surface area contributed by atoms with Crippen molar-refractivity contribution < 1.29 is 0 Å². The summed E-state index contributed by atoms with van der Waals surface area (Å²) in [6.45, 7) is 3.18. The first-order valence-electron chi connectivity index (χ1n) is 8.24. The predicted molar refractivity (Wildman–Crippen MR) is 110 cm³/mol. The number of pyridine rings is 2. The maximum absolute atomic E-state index is 6.04. The zero-order chi connectivity index (χ0) is 18.4. The number of aromatic nitrogens is 2. The van der Waals surface area contributed by atoms with Crippen molar-refractivity contribution in [1.82, 2.24) is 14.9 Å². The topological polar surface area (TPSA) is 41.0 Å². The summed E-state index contributed by atoms with van der Waals surface area (Å²) in [5.41, 5.74) is 3.86. The second-order valence-electron chi connectivity index (χ2n) is 5.89. The van der Waals surface area contributed by atoms with Crippen molar-refractivity contribution in [2.45, 2.75) is 20.0 Å². The van der Waals surface area contributed by atoms with E-state index in [9.17, 15) is 0 Å². The SMILES string of the molecule is Cc1cc(Cl)ccc1NC(=S)N(Cc1ccccn1)Cc1ccccn1. The minimum atomic E-state index is 0.593. The van der Waals surface area contributed by atoms with Crippen LogP contribution in [0.25, 0.3) is 0 Å². The van der Waals surface area contributed by atoms with E-state index < -0.39 is 0 Å². The van der Waals surface area contributed by atoms with Crippen molar-refractivity contribution >= 4 is 34.6 Å². The van der Waals surface area contributed by atoms with Crippen LogP contribution >= 0.6 is 23.8 Å². The molecule has 26 heavy (non-hydrogen) atoms. The van der Waals surface area contributed by atoms with Gasteiger partial charge in [-0.2, -0.15) is 0 Å². The Balaban J connectivity index is 1.80. The molecule has 1 N–H and O–H groups in total. The predicted octanol–water partition coefficient (Wildman–Crippen LogP) is 4.84. The lowest BCUT2D eigenvalue weighted by molar-refractivity contribution is 0.402. The van der Waals surface area contributed by atoms with Gasteiger partial charge in [-0.25, -0.2) is 0 Å². The van der Waals surface area contributed by atoms with Gasteiger partial charge in [-0.05, 0) is 67.2 Å². The van der Waals surface area contributed by atoms with Gasteiger partial charge in [-0.15, -0.1) is 0 Å². The quantitative estimate of drug-likeness (QED) is 0.639. The number of nitrogens with zero attached hydrogens (tertiary/aromatic N) is 3. The van der Waals surface area contributed by atoms with Crippen molar-refractivity contribution in [1.29, 1.82) is 0 Å². The molecule has 0 spiro atoms. The van der Waals surface area contributed by atoms with Crippen molar-refractivity contribution in [2.24, 2.45) is 0 Å². The number of thiocarbonyl (C=S) groups is 1. The van der Waals surface area contributed by atoms with E-state index in [2.05, 4.69) is 15.3 Å². The van der Waals surface area contributed by atoms with Crippen LogP contribution in [0.4, 0.5) is 5.69 Å². The zero-order valence-corrected chi connectivity index (χ0v) is 16.0. The molecule has 0 saturated carbocycles. The second kappa shape index (κ2) is 8.74. The van der Waals surface area contributed by atoms with Crippen LogP contribution in [-0.4, -0.2) is 20.0 Å². The van der Waals surface area contributed by atoms with Crippen LogP contribution in [0.1, 0.15) is 17.0 Å². The first-order valence-corrected chi connectivity index (χ1v) is 9.02. The van der Waals surface area contributed by atoms with E-state index in [1.807, 2.05) is 66.4 Å². The van der Waals surface area contributed by atoms with Crippen LogP contribution in [0.15, 0.2) is 67.0 Å². The summed E-state index contributed by atoms with van der Waals surface area (Å²) in [4.78, 5) is 10.9. The molecule has 1 aromatic carbocycles. The van der Waals surface area contributed by atoms with E-state index in [1.54, 1.807) is 12.4 Å². The highest BCUT2D eigenvalue weighted by Gasteiger charge is 2.14. The van der Waals surface area contributed by atoms with E-state index in [1.165, 1.54) is 0 Å². The van der Waals surface area contributed by atoms with Crippen molar-refractivity contribution in [3.63, 3.8) is 0 Å². The molecule has 0 unspecified atom stereocenters. The molecule has 3 rings (SSSR count). The summed E-state index contributed by atoms with van der Waals surface area (Å²) in [6, 6.07) is 17.4. The van der Waals surface area contributed by atoms with Crippen molar-refractivity contribution in [3.05, 3.63) is 89.0 Å². The average molecular weight is 383 g/mol. The fourth-order valence-electron chi connectivity index (χ4n) is 2.54.